The van der Waals surface area contributed by atoms with Crippen LogP contribution < -0.4 is 31.5 Å². The minimum absolute atomic E-state index is 0.0384. The molecule has 0 unspecified atom stereocenters. The van der Waals surface area contributed by atoms with Gasteiger partial charge in [-0.05, 0) is 44.9 Å². The summed E-state index contributed by atoms with van der Waals surface area (Å²) in [5.41, 5.74) is 0.690. The van der Waals surface area contributed by atoms with Gasteiger partial charge in [-0.3, -0.25) is 28.3 Å². The van der Waals surface area contributed by atoms with Gasteiger partial charge in [-0.25, -0.2) is 4.79 Å². The number of alkyl halides is 2. The largest absolute Gasteiger partial charge is 0.444 e. The summed E-state index contributed by atoms with van der Waals surface area (Å²) in [5, 5.41) is 17.8. The Labute approximate surface area is 304 Å². The molecule has 0 aromatic heterocycles. The van der Waals surface area contributed by atoms with E-state index in [9.17, 15) is 38.2 Å². The second-order valence-electron chi connectivity index (χ2n) is 12.0. The van der Waals surface area contributed by atoms with E-state index < -0.39 is 94.1 Å². The van der Waals surface area contributed by atoms with Gasteiger partial charge in [0, 0.05) is 49.9 Å². The van der Waals surface area contributed by atoms with Crippen molar-refractivity contribution >= 4 is 73.8 Å². The van der Waals surface area contributed by atoms with E-state index in [1.807, 2.05) is 17.0 Å². The third kappa shape index (κ3) is 16.9. The number of carbonyl (C=O) groups excluding carboxylic acids is 5. The van der Waals surface area contributed by atoms with E-state index in [2.05, 4.69) is 26.6 Å². The SMILES string of the molecule is CC(C)(C)OC(=O)N[C@@H](Cc1ccc(N(CCCl)CCCl)cc1)C(=O)NCC(=O)NCC(=O)NCC(=O)NCCCC(O)(P(=O)(O)O)P(=O)(O)O. The lowest BCUT2D eigenvalue weighted by Crippen LogP contribution is -2.51. The average Bonchev–Trinajstić information content (AvgIpc) is 3.01. The molecule has 51 heavy (non-hydrogen) atoms. The maximum atomic E-state index is 13.1. The van der Waals surface area contributed by atoms with Crippen molar-refractivity contribution in [2.75, 3.05) is 55.9 Å². The number of carbonyl (C=O) groups is 5. The van der Waals surface area contributed by atoms with Gasteiger partial charge in [0.1, 0.15) is 11.6 Å². The van der Waals surface area contributed by atoms with Crippen molar-refractivity contribution in [2.24, 2.45) is 0 Å². The summed E-state index contributed by atoms with van der Waals surface area (Å²) < 4.78 is 28.0. The third-order valence-electron chi connectivity index (χ3n) is 6.72. The zero-order valence-electron chi connectivity index (χ0n) is 28.3. The molecule has 0 spiro atoms. The van der Waals surface area contributed by atoms with Crippen LogP contribution >= 0.6 is 38.4 Å². The molecule has 5 amide bonds. The Morgan fingerprint density at radius 1 is 0.804 bits per heavy atom. The van der Waals surface area contributed by atoms with Crippen molar-refractivity contribution in [3.63, 3.8) is 0 Å². The van der Waals surface area contributed by atoms with Crippen LogP contribution in [0.3, 0.4) is 0 Å². The van der Waals surface area contributed by atoms with Gasteiger partial charge < -0.3 is 60.9 Å². The lowest BCUT2D eigenvalue weighted by Gasteiger charge is -2.29. The number of rotatable bonds is 21. The molecule has 19 nitrogen and oxygen atoms in total. The van der Waals surface area contributed by atoms with Crippen LogP contribution in [0.4, 0.5) is 10.5 Å². The fourth-order valence-electron chi connectivity index (χ4n) is 4.16. The number of hydrogen-bond acceptors (Lipinski definition) is 10. The number of nitrogens with one attached hydrogen (secondary N) is 5. The highest BCUT2D eigenvalue weighted by molar-refractivity contribution is 7.72. The molecule has 1 atom stereocenters. The monoisotopic (exact) mass is 806 g/mol. The van der Waals surface area contributed by atoms with Crippen molar-refractivity contribution in [3.05, 3.63) is 29.8 Å². The zero-order valence-corrected chi connectivity index (χ0v) is 31.6. The van der Waals surface area contributed by atoms with E-state index in [0.717, 1.165) is 5.69 Å². The number of aliphatic hydroxyl groups is 1. The van der Waals surface area contributed by atoms with E-state index in [-0.39, 0.29) is 13.0 Å². The normalized spacial score (nSPS) is 12.7. The van der Waals surface area contributed by atoms with Gasteiger partial charge >= 0.3 is 21.3 Å². The quantitative estimate of drug-likeness (QED) is 0.0432. The maximum absolute atomic E-state index is 13.1. The lowest BCUT2D eigenvalue weighted by atomic mass is 10.0. The molecule has 23 heteroatoms. The van der Waals surface area contributed by atoms with Crippen molar-refractivity contribution < 1.29 is 62.5 Å². The molecule has 0 aliphatic carbocycles. The fourth-order valence-corrected chi connectivity index (χ4v) is 6.83. The molecular weight excluding hydrogens is 761 g/mol. The molecule has 10 N–H and O–H groups in total. The molecule has 0 aliphatic rings. The van der Waals surface area contributed by atoms with Gasteiger partial charge in [-0.1, -0.05) is 12.1 Å². The lowest BCUT2D eigenvalue weighted by molar-refractivity contribution is -0.129. The summed E-state index contributed by atoms with van der Waals surface area (Å²) in [6, 6.07) is 6.04. The van der Waals surface area contributed by atoms with Gasteiger partial charge in [0.15, 0.2) is 0 Å². The second-order valence-corrected chi connectivity index (χ2v) is 16.8. The molecule has 0 fully saturated rings. The van der Waals surface area contributed by atoms with Crippen LogP contribution in [0.15, 0.2) is 24.3 Å². The number of halogens is 2. The predicted molar refractivity (Wildman–Crippen MR) is 187 cm³/mol. The summed E-state index contributed by atoms with van der Waals surface area (Å²) in [7, 11) is -11.3. The van der Waals surface area contributed by atoms with Gasteiger partial charge in [-0.15, -0.1) is 23.2 Å². The molecule has 0 aliphatic heterocycles. The number of anilines is 1. The van der Waals surface area contributed by atoms with Crippen LogP contribution in [0.2, 0.25) is 0 Å². The molecule has 290 valence electrons. The van der Waals surface area contributed by atoms with Gasteiger partial charge in [-0.2, -0.15) is 0 Å². The van der Waals surface area contributed by atoms with Crippen LogP contribution in [0, 0.1) is 0 Å². The topological polar surface area (TPSA) is 293 Å². The zero-order chi connectivity index (χ0) is 39.0. The first-order valence-corrected chi connectivity index (χ1v) is 19.7. The smallest absolute Gasteiger partial charge is 0.408 e. The standard InChI is InChI=1S/C28H46Cl2N6O13P2/c1-27(2,3)49-26(41)35-21(15-19-5-7-20(8-6-19)36(13-10-29)14-11-30)25(40)34-18-24(39)33-17-23(38)32-16-22(37)31-12-4-9-28(42,50(43,44)45)51(46,47)48/h5-8,21,42H,4,9-18H2,1-3H3,(H,31,37)(H,32,38)(H,33,39)(H,34,40)(H,35,41)(H2,43,44,45)(H2,46,47,48)/t21-/m0/s1. The maximum Gasteiger partial charge on any atom is 0.408 e. The van der Waals surface area contributed by atoms with Crippen molar-refractivity contribution in [1.29, 1.82) is 0 Å². The number of hydrogen-bond donors (Lipinski definition) is 10. The Kier molecular flexibility index (Phi) is 18.9. The highest BCUT2D eigenvalue weighted by atomic mass is 35.5. The van der Waals surface area contributed by atoms with E-state index in [1.54, 1.807) is 32.9 Å². The Balaban J connectivity index is 2.65. The molecule has 0 saturated carbocycles. The van der Waals surface area contributed by atoms with Crippen molar-refractivity contribution in [1.82, 2.24) is 26.6 Å². The van der Waals surface area contributed by atoms with E-state index in [4.69, 9.17) is 47.5 Å². The summed E-state index contributed by atoms with van der Waals surface area (Å²) in [6.07, 6.45) is -2.29. The summed E-state index contributed by atoms with van der Waals surface area (Å²) >= 11 is 11.8. The minimum atomic E-state index is -5.63. The van der Waals surface area contributed by atoms with Gasteiger partial charge in [0.2, 0.25) is 23.6 Å². The molecular formula is C28H46Cl2N6O13P2. The molecule has 0 heterocycles. The molecule has 0 bridgehead atoms. The summed E-state index contributed by atoms with van der Waals surface area (Å²) in [4.78, 5) is 100. The Morgan fingerprint density at radius 3 is 1.73 bits per heavy atom. The molecule has 1 aromatic carbocycles. The predicted octanol–water partition coefficient (Wildman–Crippen LogP) is -0.347. The van der Waals surface area contributed by atoms with Crippen molar-refractivity contribution in [3.8, 4) is 0 Å². The number of benzene rings is 1. The highest BCUT2D eigenvalue weighted by Gasteiger charge is 2.58. The highest BCUT2D eigenvalue weighted by Crippen LogP contribution is 2.69. The number of amides is 5. The number of ether oxygens (including phenoxy) is 1. The van der Waals surface area contributed by atoms with E-state index in [1.165, 1.54) is 0 Å². The molecule has 1 aromatic rings. The van der Waals surface area contributed by atoms with Gasteiger partial charge in [0.05, 0.1) is 19.6 Å². The van der Waals surface area contributed by atoms with Crippen LogP contribution in [0.1, 0.15) is 39.2 Å². The second kappa shape index (κ2) is 20.9. The van der Waals surface area contributed by atoms with Gasteiger partial charge in [0.25, 0.3) is 5.08 Å². The van der Waals surface area contributed by atoms with E-state index >= 15 is 0 Å². The Morgan fingerprint density at radius 2 is 1.27 bits per heavy atom. The first kappa shape index (κ1) is 46.0. The summed E-state index contributed by atoms with van der Waals surface area (Å²) in [6.45, 7) is 3.99. The van der Waals surface area contributed by atoms with Crippen LogP contribution in [-0.2, 0) is 39.5 Å². The number of nitrogens with zero attached hydrogens (tertiary/aromatic N) is 1. The first-order chi connectivity index (χ1) is 23.5. The average molecular weight is 808 g/mol. The van der Waals surface area contributed by atoms with Crippen LogP contribution in [-0.4, -0.2) is 122 Å². The fraction of sp³-hybridized carbons (Fsp3) is 0.607. The Hall–Kier alpha value is -2.99. The molecule has 0 radical (unpaired) electrons. The van der Waals surface area contributed by atoms with Crippen molar-refractivity contribution in [2.45, 2.75) is 56.8 Å². The summed E-state index contributed by atoms with van der Waals surface area (Å²) in [5.74, 6) is -2.30. The van der Waals surface area contributed by atoms with E-state index in [0.29, 0.717) is 30.4 Å². The van der Waals surface area contributed by atoms with Crippen LogP contribution in [0.25, 0.3) is 0 Å². The molecule has 1 rings (SSSR count). The number of alkyl carbamates (subject to hydrolysis) is 1. The first-order valence-electron chi connectivity index (χ1n) is 15.4. The van der Waals surface area contributed by atoms with Crippen LogP contribution in [0.5, 0.6) is 0 Å². The Bertz CT molecular complexity index is 1410. The third-order valence-corrected chi connectivity index (χ3v) is 10.9. The molecule has 0 saturated heterocycles. The minimum Gasteiger partial charge on any atom is -0.444 e.